The summed E-state index contributed by atoms with van der Waals surface area (Å²) in [6.07, 6.45) is 0. The molecule has 0 spiro atoms. The first-order valence-corrected chi connectivity index (χ1v) is 7.23. The van der Waals surface area contributed by atoms with Crippen LogP contribution in [0.25, 0.3) is 0 Å². The Bertz CT molecular complexity index is 617. The summed E-state index contributed by atoms with van der Waals surface area (Å²) >= 11 is 3.54. The number of nitrogens with one attached hydrogen (secondary N) is 1. The van der Waals surface area contributed by atoms with Crippen LogP contribution in [0, 0.1) is 13.8 Å². The van der Waals surface area contributed by atoms with Crippen molar-refractivity contribution in [1.29, 1.82) is 0 Å². The highest BCUT2D eigenvalue weighted by Gasteiger charge is 2.12. The molecule has 2 rings (SSSR count). The zero-order chi connectivity index (χ0) is 14.9. The molecule has 0 heterocycles. The molecule has 0 bridgehead atoms. The summed E-state index contributed by atoms with van der Waals surface area (Å²) in [5.74, 6) is 0.322. The van der Waals surface area contributed by atoms with Crippen molar-refractivity contribution < 1.29 is 10.2 Å². The molecule has 20 heavy (non-hydrogen) atoms. The van der Waals surface area contributed by atoms with Crippen molar-refractivity contribution in [3.8, 4) is 11.5 Å². The van der Waals surface area contributed by atoms with Gasteiger partial charge in [0.25, 0.3) is 0 Å². The lowest BCUT2D eigenvalue weighted by atomic mass is 10.1. The Kier molecular flexibility index (Phi) is 4.23. The van der Waals surface area contributed by atoms with Gasteiger partial charge in [0.15, 0.2) is 0 Å². The Morgan fingerprint density at radius 2 is 1.65 bits per heavy atom. The number of anilines is 1. The van der Waals surface area contributed by atoms with Gasteiger partial charge >= 0.3 is 0 Å². The van der Waals surface area contributed by atoms with Crippen molar-refractivity contribution >= 4 is 21.6 Å². The third-order valence-corrected chi connectivity index (χ3v) is 4.55. The maximum absolute atomic E-state index is 9.88. The van der Waals surface area contributed by atoms with Crippen LogP contribution in [0.15, 0.2) is 34.8 Å². The molecular weight excluding hydrogens is 318 g/mol. The van der Waals surface area contributed by atoms with E-state index in [-0.39, 0.29) is 17.5 Å². The molecule has 4 heteroatoms. The van der Waals surface area contributed by atoms with Crippen LogP contribution in [0.2, 0.25) is 0 Å². The maximum atomic E-state index is 9.88. The Morgan fingerprint density at radius 3 is 2.25 bits per heavy atom. The van der Waals surface area contributed by atoms with Crippen LogP contribution in [0.1, 0.15) is 29.7 Å². The molecule has 1 atom stereocenters. The van der Waals surface area contributed by atoms with Gasteiger partial charge in [-0.15, -0.1) is 0 Å². The molecule has 0 saturated heterocycles. The van der Waals surface area contributed by atoms with Gasteiger partial charge in [-0.1, -0.05) is 15.9 Å². The molecule has 2 aromatic rings. The number of hydrogen-bond acceptors (Lipinski definition) is 3. The SMILES string of the molecule is Cc1cc(NC(C)c2cc(O)ccc2O)cc(C)c1Br. The number of hydrogen-bond donors (Lipinski definition) is 3. The number of aromatic hydroxyl groups is 2. The highest BCUT2D eigenvalue weighted by atomic mass is 79.9. The van der Waals surface area contributed by atoms with Crippen molar-refractivity contribution in [2.45, 2.75) is 26.8 Å². The van der Waals surface area contributed by atoms with Crippen LogP contribution in [-0.2, 0) is 0 Å². The fourth-order valence-corrected chi connectivity index (χ4v) is 2.47. The monoisotopic (exact) mass is 335 g/mol. The molecule has 0 amide bonds. The lowest BCUT2D eigenvalue weighted by molar-refractivity contribution is 0.451. The number of phenolic OH excluding ortho intramolecular Hbond substituents is 2. The van der Waals surface area contributed by atoms with E-state index in [4.69, 9.17) is 0 Å². The average Bonchev–Trinajstić information content (AvgIpc) is 2.38. The van der Waals surface area contributed by atoms with E-state index in [0.29, 0.717) is 5.56 Å². The van der Waals surface area contributed by atoms with Gasteiger partial charge in [0.2, 0.25) is 0 Å². The van der Waals surface area contributed by atoms with Crippen molar-refractivity contribution in [1.82, 2.24) is 0 Å². The highest BCUT2D eigenvalue weighted by molar-refractivity contribution is 9.10. The van der Waals surface area contributed by atoms with Gasteiger partial charge in [0.05, 0.1) is 6.04 Å². The first-order valence-electron chi connectivity index (χ1n) is 6.43. The molecule has 1 unspecified atom stereocenters. The first-order chi connectivity index (χ1) is 9.38. The maximum Gasteiger partial charge on any atom is 0.121 e. The second-order valence-electron chi connectivity index (χ2n) is 5.03. The Morgan fingerprint density at radius 1 is 1.05 bits per heavy atom. The lowest BCUT2D eigenvalue weighted by Gasteiger charge is -2.18. The molecular formula is C16H18BrNO2. The van der Waals surface area contributed by atoms with Gasteiger partial charge in [0, 0.05) is 15.7 Å². The number of halogens is 1. The number of aryl methyl sites for hydroxylation is 2. The van der Waals surface area contributed by atoms with Crippen LogP contribution < -0.4 is 5.32 Å². The molecule has 0 saturated carbocycles. The molecule has 3 nitrogen and oxygen atoms in total. The second-order valence-corrected chi connectivity index (χ2v) is 5.83. The first kappa shape index (κ1) is 14.7. The van der Waals surface area contributed by atoms with Crippen molar-refractivity contribution in [3.63, 3.8) is 0 Å². The van der Waals surface area contributed by atoms with E-state index >= 15 is 0 Å². The van der Waals surface area contributed by atoms with E-state index in [0.717, 1.165) is 21.3 Å². The largest absolute Gasteiger partial charge is 0.508 e. The molecule has 0 fully saturated rings. The summed E-state index contributed by atoms with van der Waals surface area (Å²) in [4.78, 5) is 0. The summed E-state index contributed by atoms with van der Waals surface area (Å²) in [6, 6.07) is 8.54. The Hall–Kier alpha value is -1.68. The minimum absolute atomic E-state index is 0.109. The number of benzene rings is 2. The van der Waals surface area contributed by atoms with Crippen LogP contribution >= 0.6 is 15.9 Å². The molecule has 0 aromatic heterocycles. The lowest BCUT2D eigenvalue weighted by Crippen LogP contribution is -2.07. The summed E-state index contributed by atoms with van der Waals surface area (Å²) in [5, 5.41) is 22.8. The normalized spacial score (nSPS) is 12.2. The van der Waals surface area contributed by atoms with Gasteiger partial charge in [-0.25, -0.2) is 0 Å². The van der Waals surface area contributed by atoms with E-state index in [1.807, 2.05) is 32.9 Å². The van der Waals surface area contributed by atoms with Gasteiger partial charge < -0.3 is 15.5 Å². The molecule has 0 aliphatic carbocycles. The van der Waals surface area contributed by atoms with Crippen molar-refractivity contribution in [3.05, 3.63) is 51.5 Å². The average molecular weight is 336 g/mol. The second kappa shape index (κ2) is 5.75. The van der Waals surface area contributed by atoms with Crippen LogP contribution in [0.3, 0.4) is 0 Å². The van der Waals surface area contributed by atoms with E-state index in [1.54, 1.807) is 6.07 Å². The van der Waals surface area contributed by atoms with Crippen LogP contribution in [0.5, 0.6) is 11.5 Å². The summed E-state index contributed by atoms with van der Waals surface area (Å²) in [7, 11) is 0. The van der Waals surface area contributed by atoms with E-state index < -0.39 is 0 Å². The minimum atomic E-state index is -0.109. The number of phenols is 2. The zero-order valence-electron chi connectivity index (χ0n) is 11.7. The molecule has 0 aliphatic rings. The fraction of sp³-hybridized carbons (Fsp3) is 0.250. The predicted octanol–water partition coefficient (Wildman–Crippen LogP) is 4.65. The van der Waals surface area contributed by atoms with Crippen LogP contribution in [0.4, 0.5) is 5.69 Å². The van der Waals surface area contributed by atoms with Crippen molar-refractivity contribution in [2.24, 2.45) is 0 Å². The van der Waals surface area contributed by atoms with Gasteiger partial charge in [0.1, 0.15) is 11.5 Å². The molecule has 106 valence electrons. The highest BCUT2D eigenvalue weighted by Crippen LogP contribution is 2.31. The molecule has 0 radical (unpaired) electrons. The number of rotatable bonds is 3. The van der Waals surface area contributed by atoms with Gasteiger partial charge in [-0.05, 0) is 62.2 Å². The standard InChI is InChI=1S/C16H18BrNO2/c1-9-6-12(7-10(2)16(9)17)18-11(3)14-8-13(19)4-5-15(14)20/h4-8,11,18-20H,1-3H3. The quantitative estimate of drug-likeness (QED) is 0.715. The topological polar surface area (TPSA) is 52.5 Å². The van der Waals surface area contributed by atoms with E-state index in [9.17, 15) is 10.2 Å². The minimum Gasteiger partial charge on any atom is -0.508 e. The molecule has 3 N–H and O–H groups in total. The van der Waals surface area contributed by atoms with E-state index in [2.05, 4.69) is 21.2 Å². The fourth-order valence-electron chi connectivity index (χ4n) is 2.25. The summed E-state index contributed by atoms with van der Waals surface area (Å²) in [5.41, 5.74) is 3.96. The summed E-state index contributed by atoms with van der Waals surface area (Å²) < 4.78 is 1.11. The van der Waals surface area contributed by atoms with Crippen molar-refractivity contribution in [2.75, 3.05) is 5.32 Å². The van der Waals surface area contributed by atoms with Gasteiger partial charge in [-0.3, -0.25) is 0 Å². The zero-order valence-corrected chi connectivity index (χ0v) is 13.3. The van der Waals surface area contributed by atoms with E-state index in [1.165, 1.54) is 12.1 Å². The smallest absolute Gasteiger partial charge is 0.121 e. The Balaban J connectivity index is 2.27. The molecule has 0 aliphatic heterocycles. The van der Waals surface area contributed by atoms with Crippen LogP contribution in [-0.4, -0.2) is 10.2 Å². The third kappa shape index (κ3) is 3.07. The van der Waals surface area contributed by atoms with Gasteiger partial charge in [-0.2, -0.15) is 0 Å². The summed E-state index contributed by atoms with van der Waals surface area (Å²) in [6.45, 7) is 6.03. The predicted molar refractivity (Wildman–Crippen MR) is 85.4 cm³/mol. The molecule has 2 aromatic carbocycles. The Labute approximate surface area is 127 Å². The third-order valence-electron chi connectivity index (χ3n) is 3.30.